The van der Waals surface area contributed by atoms with Gasteiger partial charge in [0.05, 0.1) is 11.4 Å². The Morgan fingerprint density at radius 3 is 2.70 bits per heavy atom. The Morgan fingerprint density at radius 2 is 2.10 bits per heavy atom. The third kappa shape index (κ3) is 3.11. The standard InChI is InChI=1S/C14H14ClNO3S/c1-2-8(7-11(17)18)16-14(19)13-12(15)9-5-3-4-6-10(9)20-13/h3-6,8H,2,7H2,1H3,(H,16,19)(H,17,18). The van der Waals surface area contributed by atoms with Gasteiger partial charge in [-0.2, -0.15) is 0 Å². The highest BCUT2D eigenvalue weighted by Crippen LogP contribution is 2.35. The Hall–Kier alpha value is -1.59. The van der Waals surface area contributed by atoms with Gasteiger partial charge in [0.25, 0.3) is 5.91 Å². The second-order valence-corrected chi connectivity index (χ2v) is 5.85. The van der Waals surface area contributed by atoms with Crippen molar-refractivity contribution < 1.29 is 14.7 Å². The van der Waals surface area contributed by atoms with Crippen molar-refractivity contribution in [3.63, 3.8) is 0 Å². The molecule has 4 nitrogen and oxygen atoms in total. The van der Waals surface area contributed by atoms with Crippen molar-refractivity contribution in [2.75, 3.05) is 0 Å². The molecule has 1 aromatic carbocycles. The van der Waals surface area contributed by atoms with Gasteiger partial charge in [0.1, 0.15) is 4.88 Å². The molecule has 0 saturated carbocycles. The summed E-state index contributed by atoms with van der Waals surface area (Å²) in [6, 6.07) is 7.12. The van der Waals surface area contributed by atoms with Gasteiger partial charge in [-0.15, -0.1) is 11.3 Å². The summed E-state index contributed by atoms with van der Waals surface area (Å²) < 4.78 is 0.939. The first-order valence-electron chi connectivity index (χ1n) is 6.22. The quantitative estimate of drug-likeness (QED) is 0.887. The highest BCUT2D eigenvalue weighted by Gasteiger charge is 2.20. The number of halogens is 1. The fourth-order valence-corrected chi connectivity index (χ4v) is 3.34. The minimum atomic E-state index is -0.931. The van der Waals surface area contributed by atoms with E-state index in [9.17, 15) is 9.59 Å². The van der Waals surface area contributed by atoms with Gasteiger partial charge >= 0.3 is 5.97 Å². The van der Waals surface area contributed by atoms with Crippen LogP contribution < -0.4 is 5.32 Å². The van der Waals surface area contributed by atoms with Crippen molar-refractivity contribution in [1.29, 1.82) is 0 Å². The minimum absolute atomic E-state index is 0.0925. The lowest BCUT2D eigenvalue weighted by Crippen LogP contribution is -2.35. The molecule has 0 aliphatic heterocycles. The lowest BCUT2D eigenvalue weighted by Gasteiger charge is -2.14. The van der Waals surface area contributed by atoms with Crippen LogP contribution in [0.2, 0.25) is 5.02 Å². The first kappa shape index (κ1) is 14.8. The van der Waals surface area contributed by atoms with E-state index in [2.05, 4.69) is 5.32 Å². The van der Waals surface area contributed by atoms with Crippen molar-refractivity contribution >= 4 is 44.9 Å². The molecular weight excluding hydrogens is 298 g/mol. The molecule has 0 aliphatic rings. The summed E-state index contributed by atoms with van der Waals surface area (Å²) in [5, 5.41) is 12.8. The van der Waals surface area contributed by atoms with Gasteiger partial charge in [-0.1, -0.05) is 36.7 Å². The molecule has 1 atom stereocenters. The van der Waals surface area contributed by atoms with Gasteiger partial charge in [-0.25, -0.2) is 0 Å². The highest BCUT2D eigenvalue weighted by atomic mass is 35.5. The number of carboxylic acid groups (broad SMARTS) is 1. The van der Waals surface area contributed by atoms with Gasteiger partial charge in [0, 0.05) is 16.1 Å². The number of amides is 1. The maximum absolute atomic E-state index is 12.2. The van der Waals surface area contributed by atoms with E-state index in [1.807, 2.05) is 31.2 Å². The van der Waals surface area contributed by atoms with Crippen molar-refractivity contribution in [2.24, 2.45) is 0 Å². The number of carboxylic acids is 1. The summed E-state index contributed by atoms with van der Waals surface area (Å²) in [5.41, 5.74) is 0. The van der Waals surface area contributed by atoms with Gasteiger partial charge < -0.3 is 10.4 Å². The molecule has 0 aliphatic carbocycles. The summed E-state index contributed by atoms with van der Waals surface area (Å²) in [4.78, 5) is 23.4. The maximum atomic E-state index is 12.2. The molecular formula is C14H14ClNO3S. The van der Waals surface area contributed by atoms with E-state index in [1.54, 1.807) is 0 Å². The van der Waals surface area contributed by atoms with Crippen LogP contribution >= 0.6 is 22.9 Å². The van der Waals surface area contributed by atoms with Crippen LogP contribution in [-0.4, -0.2) is 23.0 Å². The van der Waals surface area contributed by atoms with Crippen molar-refractivity contribution in [3.8, 4) is 0 Å². The summed E-state index contributed by atoms with van der Waals surface area (Å²) in [6.45, 7) is 1.83. The molecule has 0 bridgehead atoms. The molecule has 106 valence electrons. The van der Waals surface area contributed by atoms with Crippen molar-refractivity contribution in [1.82, 2.24) is 5.32 Å². The SMILES string of the molecule is CCC(CC(=O)O)NC(=O)c1sc2ccccc2c1Cl. The normalized spacial score (nSPS) is 12.3. The van der Waals surface area contributed by atoms with Crippen LogP contribution in [0, 0.1) is 0 Å². The highest BCUT2D eigenvalue weighted by molar-refractivity contribution is 7.21. The zero-order chi connectivity index (χ0) is 14.7. The largest absolute Gasteiger partial charge is 0.481 e. The van der Waals surface area contributed by atoms with E-state index in [1.165, 1.54) is 11.3 Å². The first-order valence-corrected chi connectivity index (χ1v) is 7.42. The third-order valence-electron chi connectivity index (χ3n) is 2.99. The molecule has 1 aromatic heterocycles. The van der Waals surface area contributed by atoms with Crippen LogP contribution in [0.5, 0.6) is 0 Å². The molecule has 0 radical (unpaired) electrons. The van der Waals surface area contributed by atoms with E-state index in [4.69, 9.17) is 16.7 Å². The van der Waals surface area contributed by atoms with Gasteiger partial charge in [-0.3, -0.25) is 9.59 Å². The topological polar surface area (TPSA) is 66.4 Å². The van der Waals surface area contributed by atoms with E-state index in [0.29, 0.717) is 16.3 Å². The van der Waals surface area contributed by atoms with Gasteiger partial charge in [0.15, 0.2) is 0 Å². The zero-order valence-electron chi connectivity index (χ0n) is 10.9. The molecule has 0 spiro atoms. The number of hydrogen-bond donors (Lipinski definition) is 2. The second-order valence-electron chi connectivity index (χ2n) is 4.42. The Kier molecular flexibility index (Phi) is 4.62. The van der Waals surface area contributed by atoms with E-state index < -0.39 is 5.97 Å². The summed E-state index contributed by atoms with van der Waals surface area (Å²) in [5.74, 6) is -1.25. The molecule has 2 aromatic rings. The summed E-state index contributed by atoms with van der Waals surface area (Å²) >= 11 is 7.53. The molecule has 20 heavy (non-hydrogen) atoms. The minimum Gasteiger partial charge on any atom is -0.481 e. The summed E-state index contributed by atoms with van der Waals surface area (Å²) in [6.07, 6.45) is 0.464. The number of nitrogens with one attached hydrogen (secondary N) is 1. The van der Waals surface area contributed by atoms with Crippen LogP contribution in [0.15, 0.2) is 24.3 Å². The fourth-order valence-electron chi connectivity index (χ4n) is 1.92. The van der Waals surface area contributed by atoms with Crippen LogP contribution in [0.25, 0.3) is 10.1 Å². The monoisotopic (exact) mass is 311 g/mol. The van der Waals surface area contributed by atoms with E-state index in [-0.39, 0.29) is 18.4 Å². The fraction of sp³-hybridized carbons (Fsp3) is 0.286. The molecule has 0 saturated heterocycles. The van der Waals surface area contributed by atoms with Gasteiger partial charge in [0.2, 0.25) is 0 Å². The maximum Gasteiger partial charge on any atom is 0.305 e. The van der Waals surface area contributed by atoms with Crippen LogP contribution in [0.3, 0.4) is 0 Å². The summed E-state index contributed by atoms with van der Waals surface area (Å²) in [7, 11) is 0. The number of fused-ring (bicyclic) bond motifs is 1. The predicted molar refractivity (Wildman–Crippen MR) is 80.6 cm³/mol. The smallest absolute Gasteiger partial charge is 0.305 e. The molecule has 0 fully saturated rings. The van der Waals surface area contributed by atoms with Crippen molar-refractivity contribution in [3.05, 3.63) is 34.2 Å². The molecule has 6 heteroatoms. The average Bonchev–Trinajstić information content (AvgIpc) is 2.75. The van der Waals surface area contributed by atoms with Gasteiger partial charge in [-0.05, 0) is 12.5 Å². The molecule has 2 rings (SSSR count). The number of carbonyl (C=O) groups is 2. The lowest BCUT2D eigenvalue weighted by molar-refractivity contribution is -0.137. The number of benzene rings is 1. The zero-order valence-corrected chi connectivity index (χ0v) is 12.4. The first-order chi connectivity index (χ1) is 9.52. The van der Waals surface area contributed by atoms with E-state index >= 15 is 0 Å². The average molecular weight is 312 g/mol. The van der Waals surface area contributed by atoms with Crippen LogP contribution in [0.4, 0.5) is 0 Å². The number of aliphatic carboxylic acids is 1. The van der Waals surface area contributed by atoms with E-state index in [0.717, 1.165) is 10.1 Å². The Balaban J connectivity index is 2.22. The van der Waals surface area contributed by atoms with Crippen LogP contribution in [-0.2, 0) is 4.79 Å². The molecule has 1 unspecified atom stereocenters. The molecule has 1 amide bonds. The number of thiophene rings is 1. The number of hydrogen-bond acceptors (Lipinski definition) is 3. The lowest BCUT2D eigenvalue weighted by atomic mass is 10.1. The molecule has 2 N–H and O–H groups in total. The van der Waals surface area contributed by atoms with Crippen LogP contribution in [0.1, 0.15) is 29.4 Å². The Morgan fingerprint density at radius 1 is 1.40 bits per heavy atom. The molecule has 1 heterocycles. The Labute approximate surface area is 125 Å². The Bertz CT molecular complexity index is 653. The number of carbonyl (C=O) groups excluding carboxylic acids is 1. The van der Waals surface area contributed by atoms with Crippen molar-refractivity contribution in [2.45, 2.75) is 25.8 Å². The second kappa shape index (κ2) is 6.24. The predicted octanol–water partition coefficient (Wildman–Crippen LogP) is 3.54. The third-order valence-corrected chi connectivity index (χ3v) is 4.66. The number of rotatable bonds is 5.